The lowest BCUT2D eigenvalue weighted by Crippen LogP contribution is -2.23. The predicted octanol–water partition coefficient (Wildman–Crippen LogP) is 4.54. The lowest BCUT2D eigenvalue weighted by molar-refractivity contribution is -0.115. The second-order valence-corrected chi connectivity index (χ2v) is 7.48. The van der Waals surface area contributed by atoms with Crippen molar-refractivity contribution in [2.75, 3.05) is 5.32 Å². The van der Waals surface area contributed by atoms with Crippen LogP contribution in [0.15, 0.2) is 66.3 Å². The van der Waals surface area contributed by atoms with Crippen LogP contribution in [-0.2, 0) is 11.3 Å². The third kappa shape index (κ3) is 4.28. The molecule has 5 nitrogen and oxygen atoms in total. The van der Waals surface area contributed by atoms with Gasteiger partial charge >= 0.3 is 0 Å². The highest BCUT2D eigenvalue weighted by molar-refractivity contribution is 8.00. The monoisotopic (exact) mass is 379 g/mol. The molecule has 1 amide bonds. The Hall–Kier alpha value is -2.86. The number of Topliss-reactive ketones (excluding diaryl/α,β-unsaturated/α-hetero) is 1. The van der Waals surface area contributed by atoms with Crippen molar-refractivity contribution in [1.82, 2.24) is 9.55 Å². The molecule has 0 saturated heterocycles. The first-order chi connectivity index (χ1) is 13.0. The van der Waals surface area contributed by atoms with Crippen molar-refractivity contribution >= 4 is 40.2 Å². The Morgan fingerprint density at radius 3 is 2.78 bits per heavy atom. The number of hydrogen-bond acceptors (Lipinski definition) is 4. The maximum absolute atomic E-state index is 12.6. The number of benzene rings is 2. The third-order valence-corrected chi connectivity index (χ3v) is 5.21. The molecule has 0 radical (unpaired) electrons. The topological polar surface area (TPSA) is 64.0 Å². The summed E-state index contributed by atoms with van der Waals surface area (Å²) < 4.78 is 2.05. The van der Waals surface area contributed by atoms with Gasteiger partial charge in [-0.1, -0.05) is 42.1 Å². The van der Waals surface area contributed by atoms with Crippen molar-refractivity contribution in [2.24, 2.45) is 0 Å². The van der Waals surface area contributed by atoms with Crippen molar-refractivity contribution in [3.63, 3.8) is 0 Å². The van der Waals surface area contributed by atoms with Crippen LogP contribution in [0.25, 0.3) is 11.0 Å². The van der Waals surface area contributed by atoms with Gasteiger partial charge in [0.15, 0.2) is 10.9 Å². The lowest BCUT2D eigenvalue weighted by atomic mass is 10.1. The molecule has 0 saturated carbocycles. The summed E-state index contributed by atoms with van der Waals surface area (Å²) in [5.41, 5.74) is 3.09. The van der Waals surface area contributed by atoms with Crippen LogP contribution >= 0.6 is 11.8 Å². The van der Waals surface area contributed by atoms with E-state index in [1.807, 2.05) is 41.8 Å². The number of ketones is 1. The van der Waals surface area contributed by atoms with Gasteiger partial charge in [0.05, 0.1) is 16.3 Å². The molecule has 0 spiro atoms. The number of para-hydroxylation sites is 2. The summed E-state index contributed by atoms with van der Waals surface area (Å²) in [6, 6.07) is 14.8. The molecular formula is C21H21N3O2S. The van der Waals surface area contributed by atoms with Gasteiger partial charge in [-0.05, 0) is 38.1 Å². The molecule has 27 heavy (non-hydrogen) atoms. The van der Waals surface area contributed by atoms with Crippen LogP contribution in [-0.4, -0.2) is 26.5 Å². The van der Waals surface area contributed by atoms with Gasteiger partial charge in [0.1, 0.15) is 0 Å². The quantitative estimate of drug-likeness (QED) is 0.372. The number of carbonyl (C=O) groups is 2. The smallest absolute Gasteiger partial charge is 0.237 e. The maximum atomic E-state index is 12.6. The molecule has 138 valence electrons. The molecule has 6 heteroatoms. The van der Waals surface area contributed by atoms with Crippen LogP contribution < -0.4 is 5.32 Å². The van der Waals surface area contributed by atoms with E-state index in [1.165, 1.54) is 18.7 Å². The summed E-state index contributed by atoms with van der Waals surface area (Å²) in [5, 5.41) is 3.29. The van der Waals surface area contributed by atoms with Crippen molar-refractivity contribution in [3.8, 4) is 0 Å². The van der Waals surface area contributed by atoms with Gasteiger partial charge in [-0.15, -0.1) is 6.58 Å². The van der Waals surface area contributed by atoms with E-state index in [2.05, 4.69) is 16.9 Å². The SMILES string of the molecule is C=CCn1c(S[C@H](C)C(=O)Nc2cccc(C(C)=O)c2)nc2ccccc21. The fourth-order valence-corrected chi connectivity index (χ4v) is 3.65. The third-order valence-electron chi connectivity index (χ3n) is 4.12. The van der Waals surface area contributed by atoms with E-state index >= 15 is 0 Å². The number of carbonyl (C=O) groups excluding carboxylic acids is 2. The average Bonchev–Trinajstić information content (AvgIpc) is 2.99. The number of fused-ring (bicyclic) bond motifs is 1. The highest BCUT2D eigenvalue weighted by Crippen LogP contribution is 2.28. The molecule has 0 aliphatic heterocycles. The minimum atomic E-state index is -0.355. The minimum Gasteiger partial charge on any atom is -0.325 e. The first-order valence-corrected chi connectivity index (χ1v) is 9.52. The van der Waals surface area contributed by atoms with Crippen LogP contribution in [0.4, 0.5) is 5.69 Å². The first-order valence-electron chi connectivity index (χ1n) is 8.64. The molecule has 0 unspecified atom stereocenters. The van der Waals surface area contributed by atoms with E-state index in [4.69, 9.17) is 0 Å². The fourth-order valence-electron chi connectivity index (χ4n) is 2.72. The molecular weight excluding hydrogens is 358 g/mol. The van der Waals surface area contributed by atoms with E-state index in [1.54, 1.807) is 24.3 Å². The molecule has 2 aromatic carbocycles. The standard InChI is InChI=1S/C21H21N3O2S/c1-4-12-24-19-11-6-5-10-18(19)23-21(24)27-15(3)20(26)22-17-9-7-8-16(13-17)14(2)25/h4-11,13,15H,1,12H2,2-3H3,(H,22,26)/t15-/m1/s1. The van der Waals surface area contributed by atoms with Crippen LogP contribution in [0, 0.1) is 0 Å². The molecule has 0 aliphatic carbocycles. The molecule has 0 fully saturated rings. The molecule has 3 rings (SSSR count). The van der Waals surface area contributed by atoms with Crippen LogP contribution in [0.2, 0.25) is 0 Å². The Bertz CT molecular complexity index is 1010. The number of allylic oxidation sites excluding steroid dienone is 1. The maximum Gasteiger partial charge on any atom is 0.237 e. The number of amides is 1. The summed E-state index contributed by atoms with van der Waals surface area (Å²) in [4.78, 5) is 28.8. The average molecular weight is 379 g/mol. The van der Waals surface area contributed by atoms with E-state index in [0.29, 0.717) is 17.8 Å². The summed E-state index contributed by atoms with van der Waals surface area (Å²) in [6.45, 7) is 7.78. The van der Waals surface area contributed by atoms with E-state index in [9.17, 15) is 9.59 Å². The van der Waals surface area contributed by atoms with Gasteiger partial charge in [0.25, 0.3) is 0 Å². The predicted molar refractivity (Wildman–Crippen MR) is 110 cm³/mol. The Morgan fingerprint density at radius 1 is 1.26 bits per heavy atom. The van der Waals surface area contributed by atoms with Crippen LogP contribution in [0.3, 0.4) is 0 Å². The van der Waals surface area contributed by atoms with E-state index in [-0.39, 0.29) is 16.9 Å². The zero-order valence-corrected chi connectivity index (χ0v) is 16.1. The molecule has 3 aromatic rings. The van der Waals surface area contributed by atoms with Gasteiger partial charge in [-0.3, -0.25) is 9.59 Å². The minimum absolute atomic E-state index is 0.0355. The summed E-state index contributed by atoms with van der Waals surface area (Å²) in [6.07, 6.45) is 1.82. The second-order valence-electron chi connectivity index (χ2n) is 6.17. The highest BCUT2D eigenvalue weighted by atomic mass is 32.2. The van der Waals surface area contributed by atoms with Crippen molar-refractivity contribution in [2.45, 2.75) is 30.8 Å². The zero-order valence-electron chi connectivity index (χ0n) is 15.3. The Morgan fingerprint density at radius 2 is 2.04 bits per heavy atom. The summed E-state index contributed by atoms with van der Waals surface area (Å²) >= 11 is 1.40. The first kappa shape index (κ1) is 18.9. The number of nitrogens with one attached hydrogen (secondary N) is 1. The largest absolute Gasteiger partial charge is 0.325 e. The lowest BCUT2D eigenvalue weighted by Gasteiger charge is -2.13. The van der Waals surface area contributed by atoms with E-state index < -0.39 is 0 Å². The number of hydrogen-bond donors (Lipinski definition) is 1. The number of anilines is 1. The van der Waals surface area contributed by atoms with Crippen molar-refractivity contribution in [3.05, 3.63) is 66.7 Å². The molecule has 1 atom stereocenters. The van der Waals surface area contributed by atoms with Gasteiger partial charge in [0.2, 0.25) is 5.91 Å². The Kier molecular flexibility index (Phi) is 5.76. The number of nitrogens with zero attached hydrogens (tertiary/aromatic N) is 2. The second kappa shape index (κ2) is 8.22. The number of imidazole rings is 1. The van der Waals surface area contributed by atoms with Crippen molar-refractivity contribution in [1.29, 1.82) is 0 Å². The summed E-state index contributed by atoms with van der Waals surface area (Å²) in [5.74, 6) is -0.176. The van der Waals surface area contributed by atoms with Crippen LogP contribution in [0.5, 0.6) is 0 Å². The van der Waals surface area contributed by atoms with Gasteiger partial charge in [-0.2, -0.15) is 0 Å². The summed E-state index contributed by atoms with van der Waals surface area (Å²) in [7, 11) is 0. The zero-order chi connectivity index (χ0) is 19.4. The molecule has 1 heterocycles. The number of rotatable bonds is 7. The van der Waals surface area contributed by atoms with E-state index in [0.717, 1.165) is 16.2 Å². The fraction of sp³-hybridized carbons (Fsp3) is 0.190. The van der Waals surface area contributed by atoms with Gasteiger partial charge in [-0.25, -0.2) is 4.98 Å². The Balaban J connectivity index is 1.78. The molecule has 1 aromatic heterocycles. The Labute approximate surface area is 162 Å². The van der Waals surface area contributed by atoms with Gasteiger partial charge < -0.3 is 9.88 Å². The normalized spacial score (nSPS) is 11.9. The molecule has 1 N–H and O–H groups in total. The number of thioether (sulfide) groups is 1. The number of aromatic nitrogens is 2. The van der Waals surface area contributed by atoms with Crippen molar-refractivity contribution < 1.29 is 9.59 Å². The molecule has 0 bridgehead atoms. The highest BCUT2D eigenvalue weighted by Gasteiger charge is 2.19. The van der Waals surface area contributed by atoms with Gasteiger partial charge in [0, 0.05) is 17.8 Å². The molecule has 0 aliphatic rings. The van der Waals surface area contributed by atoms with Crippen LogP contribution in [0.1, 0.15) is 24.2 Å².